The Morgan fingerprint density at radius 2 is 1.72 bits per heavy atom. The van der Waals surface area contributed by atoms with E-state index in [0.29, 0.717) is 12.5 Å². The molecule has 0 spiro atoms. The van der Waals surface area contributed by atoms with Crippen LogP contribution in [0.25, 0.3) is 5.57 Å². The van der Waals surface area contributed by atoms with E-state index in [2.05, 4.69) is 74.0 Å². The summed E-state index contributed by atoms with van der Waals surface area (Å²) in [5.74, 6) is 0.617. The van der Waals surface area contributed by atoms with Crippen LogP contribution in [0.15, 0.2) is 72.9 Å². The summed E-state index contributed by atoms with van der Waals surface area (Å²) < 4.78 is 2.23. The molecule has 3 nitrogen and oxygen atoms in total. The van der Waals surface area contributed by atoms with Crippen LogP contribution < -0.4 is 4.90 Å². The molecule has 0 bridgehead atoms. The minimum Gasteiger partial charge on any atom is -0.345 e. The van der Waals surface area contributed by atoms with E-state index in [1.54, 1.807) is 0 Å². The molecule has 3 aromatic rings. The summed E-state index contributed by atoms with van der Waals surface area (Å²) in [7, 11) is 0. The number of hydrogen-bond acceptors (Lipinski definition) is 1. The standard InChI is InChI=1S/C29H32N2O/c1-29(2,3)26-12-6-5-11-25(26)21-14-16-22(17-15-21)28(32)31-20-24-10-8-18-30(24)19-23-9-4-7-13-27(23)31/h4,7-11,13-18,26H,5-6,12,19-20H2,1-3H3. The fourth-order valence-electron chi connectivity index (χ4n) is 5.32. The summed E-state index contributed by atoms with van der Waals surface area (Å²) in [5.41, 5.74) is 7.03. The Morgan fingerprint density at radius 1 is 0.938 bits per heavy atom. The number of fused-ring (bicyclic) bond motifs is 2. The molecule has 2 heterocycles. The molecule has 2 aromatic carbocycles. The van der Waals surface area contributed by atoms with Crippen molar-refractivity contribution < 1.29 is 4.79 Å². The van der Waals surface area contributed by atoms with E-state index in [1.807, 2.05) is 29.2 Å². The average molecular weight is 425 g/mol. The molecule has 1 atom stereocenters. The summed E-state index contributed by atoms with van der Waals surface area (Å²) in [5, 5.41) is 0. The van der Waals surface area contributed by atoms with Gasteiger partial charge < -0.3 is 9.47 Å². The molecule has 5 rings (SSSR count). The highest BCUT2D eigenvalue weighted by atomic mass is 16.2. The molecule has 2 aliphatic rings. The maximum absolute atomic E-state index is 13.7. The number of rotatable bonds is 2. The summed E-state index contributed by atoms with van der Waals surface area (Å²) in [6, 6.07) is 20.7. The Bertz CT molecular complexity index is 1160. The Hall–Kier alpha value is -3.07. The molecule has 1 unspecified atom stereocenters. The third-order valence-corrected chi connectivity index (χ3v) is 7.06. The first kappa shape index (κ1) is 20.8. The summed E-state index contributed by atoms with van der Waals surface area (Å²) in [4.78, 5) is 15.6. The van der Waals surface area contributed by atoms with Crippen LogP contribution in [0.5, 0.6) is 0 Å². The predicted octanol–water partition coefficient (Wildman–Crippen LogP) is 6.93. The quantitative estimate of drug-likeness (QED) is 0.438. The largest absolute Gasteiger partial charge is 0.345 e. The summed E-state index contributed by atoms with van der Waals surface area (Å²) in [6.45, 7) is 8.38. The number of anilines is 1. The number of para-hydroxylation sites is 1. The lowest BCUT2D eigenvalue weighted by atomic mass is 9.69. The molecule has 1 aliphatic carbocycles. The third kappa shape index (κ3) is 3.81. The average Bonchev–Trinajstić information content (AvgIpc) is 3.17. The van der Waals surface area contributed by atoms with Gasteiger partial charge >= 0.3 is 0 Å². The fourth-order valence-corrected chi connectivity index (χ4v) is 5.32. The topological polar surface area (TPSA) is 25.2 Å². The molecular weight excluding hydrogens is 392 g/mol. The SMILES string of the molecule is CC(C)(C)C1CCCC=C1c1ccc(C(=O)N2Cc3cccn3Cc3ccccc32)cc1. The first-order chi connectivity index (χ1) is 15.4. The zero-order valence-electron chi connectivity index (χ0n) is 19.3. The van der Waals surface area contributed by atoms with Gasteiger partial charge in [0.1, 0.15) is 0 Å². The van der Waals surface area contributed by atoms with Gasteiger partial charge in [-0.1, -0.05) is 57.2 Å². The molecule has 164 valence electrons. The van der Waals surface area contributed by atoms with Crippen molar-refractivity contribution in [2.45, 2.75) is 53.1 Å². The van der Waals surface area contributed by atoms with E-state index in [4.69, 9.17) is 0 Å². The number of amides is 1. The van der Waals surface area contributed by atoms with Crippen molar-refractivity contribution in [1.82, 2.24) is 4.57 Å². The van der Waals surface area contributed by atoms with Gasteiger partial charge in [-0.15, -0.1) is 0 Å². The van der Waals surface area contributed by atoms with Gasteiger partial charge in [0.05, 0.1) is 6.54 Å². The van der Waals surface area contributed by atoms with E-state index < -0.39 is 0 Å². The van der Waals surface area contributed by atoms with Gasteiger partial charge in [-0.25, -0.2) is 0 Å². The zero-order valence-corrected chi connectivity index (χ0v) is 19.3. The second kappa shape index (κ2) is 8.12. The number of carbonyl (C=O) groups is 1. The second-order valence-corrected chi connectivity index (χ2v) is 10.2. The number of allylic oxidation sites excluding steroid dienone is 2. The van der Waals surface area contributed by atoms with Gasteiger partial charge in [0.15, 0.2) is 0 Å². The van der Waals surface area contributed by atoms with Crippen molar-refractivity contribution in [2.75, 3.05) is 4.90 Å². The first-order valence-electron chi connectivity index (χ1n) is 11.8. The highest BCUT2D eigenvalue weighted by molar-refractivity contribution is 6.06. The minimum atomic E-state index is 0.0589. The number of aromatic nitrogens is 1. The Balaban J connectivity index is 1.46. The molecule has 1 amide bonds. The highest BCUT2D eigenvalue weighted by Crippen LogP contribution is 2.43. The van der Waals surface area contributed by atoms with Crippen molar-refractivity contribution in [3.05, 3.63) is 95.3 Å². The molecule has 0 N–H and O–H groups in total. The highest BCUT2D eigenvalue weighted by Gasteiger charge is 2.30. The van der Waals surface area contributed by atoms with E-state index in [1.165, 1.54) is 29.5 Å². The van der Waals surface area contributed by atoms with Gasteiger partial charge in [-0.3, -0.25) is 4.79 Å². The number of benzene rings is 2. The van der Waals surface area contributed by atoms with Crippen LogP contribution in [-0.4, -0.2) is 10.5 Å². The van der Waals surface area contributed by atoms with E-state index in [0.717, 1.165) is 29.9 Å². The maximum Gasteiger partial charge on any atom is 0.258 e. The van der Waals surface area contributed by atoms with Crippen molar-refractivity contribution in [2.24, 2.45) is 11.3 Å². The Kier molecular flexibility index (Phi) is 5.28. The smallest absolute Gasteiger partial charge is 0.258 e. The van der Waals surface area contributed by atoms with Gasteiger partial charge in [0.2, 0.25) is 0 Å². The van der Waals surface area contributed by atoms with Crippen LogP contribution in [0, 0.1) is 11.3 Å². The van der Waals surface area contributed by atoms with Crippen LogP contribution in [-0.2, 0) is 13.1 Å². The number of carbonyl (C=O) groups excluding carboxylic acids is 1. The van der Waals surface area contributed by atoms with E-state index in [9.17, 15) is 4.79 Å². The third-order valence-electron chi connectivity index (χ3n) is 7.06. The first-order valence-corrected chi connectivity index (χ1v) is 11.8. The van der Waals surface area contributed by atoms with Gasteiger partial charge in [0, 0.05) is 29.7 Å². The molecule has 1 aromatic heterocycles. The molecule has 0 radical (unpaired) electrons. The number of hydrogen-bond donors (Lipinski definition) is 0. The lowest BCUT2D eigenvalue weighted by molar-refractivity contribution is 0.0985. The van der Waals surface area contributed by atoms with Crippen LogP contribution in [0.4, 0.5) is 5.69 Å². The van der Waals surface area contributed by atoms with Gasteiger partial charge in [-0.05, 0) is 77.6 Å². The van der Waals surface area contributed by atoms with Gasteiger partial charge in [0.25, 0.3) is 5.91 Å². The van der Waals surface area contributed by atoms with Gasteiger partial charge in [-0.2, -0.15) is 0 Å². The Labute approximate surface area is 191 Å². The second-order valence-electron chi connectivity index (χ2n) is 10.2. The molecule has 32 heavy (non-hydrogen) atoms. The van der Waals surface area contributed by atoms with Crippen LogP contribution in [0.3, 0.4) is 0 Å². The number of nitrogens with zero attached hydrogens (tertiary/aromatic N) is 2. The van der Waals surface area contributed by atoms with Crippen molar-refractivity contribution >= 4 is 17.2 Å². The van der Waals surface area contributed by atoms with Crippen LogP contribution >= 0.6 is 0 Å². The fraction of sp³-hybridized carbons (Fsp3) is 0.345. The minimum absolute atomic E-state index is 0.0589. The zero-order chi connectivity index (χ0) is 22.3. The molecule has 3 heteroatoms. The monoisotopic (exact) mass is 424 g/mol. The van der Waals surface area contributed by atoms with Crippen LogP contribution in [0.2, 0.25) is 0 Å². The van der Waals surface area contributed by atoms with Crippen molar-refractivity contribution in [1.29, 1.82) is 0 Å². The lowest BCUT2D eigenvalue weighted by Gasteiger charge is -2.35. The Morgan fingerprint density at radius 3 is 2.50 bits per heavy atom. The molecule has 0 saturated carbocycles. The summed E-state index contributed by atoms with van der Waals surface area (Å²) >= 11 is 0. The predicted molar refractivity (Wildman–Crippen MR) is 132 cm³/mol. The van der Waals surface area contributed by atoms with Crippen molar-refractivity contribution in [3.63, 3.8) is 0 Å². The molecule has 0 saturated heterocycles. The van der Waals surface area contributed by atoms with Crippen molar-refractivity contribution in [3.8, 4) is 0 Å². The normalized spacial score (nSPS) is 18.4. The lowest BCUT2D eigenvalue weighted by Crippen LogP contribution is -2.30. The molecular formula is C29H32N2O. The van der Waals surface area contributed by atoms with Crippen LogP contribution in [0.1, 0.15) is 67.2 Å². The molecule has 0 fully saturated rings. The maximum atomic E-state index is 13.7. The molecule has 1 aliphatic heterocycles. The summed E-state index contributed by atoms with van der Waals surface area (Å²) in [6.07, 6.45) is 8.15. The van der Waals surface area contributed by atoms with E-state index in [-0.39, 0.29) is 11.3 Å². The van der Waals surface area contributed by atoms with E-state index >= 15 is 0 Å².